The fraction of sp³-hybridized carbons (Fsp3) is 0.158. The molecule has 0 aliphatic heterocycles. The standard InChI is InChI=1S/C38H34N8O7S/c1-4-31(52-32-17-15-23(2)19-24(32)3)36(49)39-29-21-30(47)34(40-35(48)25-11-7-5-8-12-25)41-37(29)53-33-18-16-28(46(50)51)20-26(33)22-54-38-42-43-44-45(38)27-13-9-6-10-14-27/h5-21,31,47H,4,22H2,1-3H3,(H,39,49)(H,40,41,48). The Kier molecular flexibility index (Phi) is 11.4. The molecule has 6 aromatic rings. The number of non-ortho nitro benzene ring substituents is 1. The van der Waals surface area contributed by atoms with E-state index < -0.39 is 28.6 Å². The Morgan fingerprint density at radius 1 is 0.944 bits per heavy atom. The molecule has 0 saturated carbocycles. The van der Waals surface area contributed by atoms with Gasteiger partial charge in [-0.15, -0.1) is 5.10 Å². The number of hydrogen-bond donors (Lipinski definition) is 3. The van der Waals surface area contributed by atoms with E-state index in [1.807, 2.05) is 56.3 Å². The van der Waals surface area contributed by atoms with Crippen LogP contribution < -0.4 is 20.1 Å². The summed E-state index contributed by atoms with van der Waals surface area (Å²) in [5.74, 6) is -1.27. The lowest BCUT2D eigenvalue weighted by Gasteiger charge is -2.20. The maximum atomic E-state index is 13.7. The first kappa shape index (κ1) is 37.0. The van der Waals surface area contributed by atoms with Crippen molar-refractivity contribution >= 4 is 40.8 Å². The minimum Gasteiger partial charge on any atom is -0.504 e. The van der Waals surface area contributed by atoms with Crippen LogP contribution in [0, 0.1) is 24.0 Å². The number of nitrogens with one attached hydrogen (secondary N) is 2. The number of carbonyl (C=O) groups is 2. The SMILES string of the molecule is CCC(Oc1ccc(C)cc1C)C(=O)Nc1cc(O)c(NC(=O)c2ccccc2)nc1Oc1ccc([N+](=O)[O-])cc1CSc1nnnn1-c1ccccc1. The van der Waals surface area contributed by atoms with Gasteiger partial charge in [0, 0.05) is 35.1 Å². The number of nitrogens with zero attached hydrogens (tertiary/aromatic N) is 6. The number of pyridine rings is 1. The minimum absolute atomic E-state index is 0.0529. The van der Waals surface area contributed by atoms with Crippen LogP contribution in [-0.2, 0) is 10.5 Å². The third-order valence-corrected chi connectivity index (χ3v) is 8.98. The predicted octanol–water partition coefficient (Wildman–Crippen LogP) is 7.42. The Hall–Kier alpha value is -6.81. The summed E-state index contributed by atoms with van der Waals surface area (Å²) < 4.78 is 13.9. The summed E-state index contributed by atoms with van der Waals surface area (Å²) in [6, 6.07) is 28.3. The van der Waals surface area contributed by atoms with Crippen LogP contribution >= 0.6 is 11.8 Å². The molecule has 0 radical (unpaired) electrons. The molecule has 6 rings (SSSR count). The number of nitro benzene ring substituents is 1. The van der Waals surface area contributed by atoms with Crippen LogP contribution in [0.1, 0.15) is 40.4 Å². The average Bonchev–Trinajstić information content (AvgIpc) is 3.65. The normalized spacial score (nSPS) is 11.4. The lowest BCUT2D eigenvalue weighted by atomic mass is 10.1. The number of thioether (sulfide) groups is 1. The summed E-state index contributed by atoms with van der Waals surface area (Å²) in [7, 11) is 0. The van der Waals surface area contributed by atoms with Gasteiger partial charge in [0.25, 0.3) is 17.5 Å². The van der Waals surface area contributed by atoms with Crippen molar-refractivity contribution in [1.29, 1.82) is 0 Å². The predicted molar refractivity (Wildman–Crippen MR) is 201 cm³/mol. The largest absolute Gasteiger partial charge is 0.504 e. The van der Waals surface area contributed by atoms with E-state index in [0.29, 0.717) is 34.1 Å². The van der Waals surface area contributed by atoms with E-state index in [9.17, 15) is 24.8 Å². The van der Waals surface area contributed by atoms with Crippen LogP contribution in [0.15, 0.2) is 108 Å². The van der Waals surface area contributed by atoms with E-state index in [-0.39, 0.29) is 34.6 Å². The number of anilines is 2. The van der Waals surface area contributed by atoms with Gasteiger partial charge < -0.3 is 25.2 Å². The molecule has 16 heteroatoms. The van der Waals surface area contributed by atoms with Gasteiger partial charge >= 0.3 is 0 Å². The highest BCUT2D eigenvalue weighted by molar-refractivity contribution is 7.98. The van der Waals surface area contributed by atoms with E-state index in [1.54, 1.807) is 43.3 Å². The summed E-state index contributed by atoms with van der Waals surface area (Å²) in [5, 5.41) is 40.6. The summed E-state index contributed by atoms with van der Waals surface area (Å²) in [6.07, 6.45) is -0.646. The second kappa shape index (κ2) is 16.7. The minimum atomic E-state index is -0.944. The molecule has 1 atom stereocenters. The van der Waals surface area contributed by atoms with Crippen molar-refractivity contribution in [3.05, 3.63) is 135 Å². The molecule has 0 aliphatic rings. The second-order valence-electron chi connectivity index (χ2n) is 12.0. The number of aromatic hydroxyl groups is 1. The maximum absolute atomic E-state index is 13.7. The van der Waals surface area contributed by atoms with Gasteiger partial charge in [0.1, 0.15) is 17.2 Å². The van der Waals surface area contributed by atoms with E-state index >= 15 is 0 Å². The van der Waals surface area contributed by atoms with Gasteiger partial charge in [0.05, 0.1) is 10.6 Å². The molecule has 2 amide bonds. The maximum Gasteiger partial charge on any atom is 0.270 e. The molecule has 0 bridgehead atoms. The van der Waals surface area contributed by atoms with Crippen molar-refractivity contribution in [2.24, 2.45) is 0 Å². The quantitative estimate of drug-likeness (QED) is 0.0567. The van der Waals surface area contributed by atoms with E-state index in [0.717, 1.165) is 11.1 Å². The van der Waals surface area contributed by atoms with Crippen molar-refractivity contribution in [3.63, 3.8) is 0 Å². The summed E-state index contributed by atoms with van der Waals surface area (Å²) in [5.41, 5.74) is 3.03. The third kappa shape index (κ3) is 8.79. The number of hydrogen-bond acceptors (Lipinski definition) is 12. The Morgan fingerprint density at radius 3 is 2.37 bits per heavy atom. The first-order chi connectivity index (χ1) is 26.1. The molecule has 54 heavy (non-hydrogen) atoms. The molecule has 0 saturated heterocycles. The van der Waals surface area contributed by atoms with Crippen molar-refractivity contribution in [1.82, 2.24) is 25.2 Å². The van der Waals surface area contributed by atoms with Crippen LogP contribution in [0.4, 0.5) is 17.2 Å². The van der Waals surface area contributed by atoms with Crippen molar-refractivity contribution < 1.29 is 29.1 Å². The van der Waals surface area contributed by atoms with E-state index in [1.165, 1.54) is 40.7 Å². The topological polar surface area (TPSA) is 197 Å². The molecule has 0 fully saturated rings. The molecule has 2 aromatic heterocycles. The molecule has 3 N–H and O–H groups in total. The van der Waals surface area contributed by atoms with Crippen LogP contribution in [0.25, 0.3) is 5.69 Å². The molecule has 4 aromatic carbocycles. The molecular weight excluding hydrogens is 713 g/mol. The number of aryl methyl sites for hydroxylation is 2. The highest BCUT2D eigenvalue weighted by atomic mass is 32.2. The van der Waals surface area contributed by atoms with Crippen LogP contribution in [0.5, 0.6) is 23.1 Å². The van der Waals surface area contributed by atoms with Gasteiger partial charge in [-0.05, 0) is 72.7 Å². The molecule has 0 aliphatic carbocycles. The number of carbonyl (C=O) groups excluding carboxylic acids is 2. The number of amides is 2. The summed E-state index contributed by atoms with van der Waals surface area (Å²) in [6.45, 7) is 5.63. The van der Waals surface area contributed by atoms with E-state index in [2.05, 4.69) is 31.1 Å². The number of para-hydroxylation sites is 1. The number of nitro groups is 1. The monoisotopic (exact) mass is 746 g/mol. The lowest BCUT2D eigenvalue weighted by molar-refractivity contribution is -0.384. The Balaban J connectivity index is 1.34. The Labute approximate surface area is 313 Å². The van der Waals surface area contributed by atoms with Crippen LogP contribution in [-0.4, -0.2) is 53.1 Å². The average molecular weight is 747 g/mol. The number of ether oxygens (including phenoxy) is 2. The molecule has 1 unspecified atom stereocenters. The zero-order valence-corrected chi connectivity index (χ0v) is 30.1. The van der Waals surface area contributed by atoms with Gasteiger partial charge in [-0.1, -0.05) is 72.8 Å². The van der Waals surface area contributed by atoms with Crippen molar-refractivity contribution in [2.45, 2.75) is 44.2 Å². The first-order valence-corrected chi connectivity index (χ1v) is 17.6. The van der Waals surface area contributed by atoms with Crippen LogP contribution in [0.2, 0.25) is 0 Å². The third-order valence-electron chi connectivity index (χ3n) is 8.02. The molecule has 0 spiro atoms. The summed E-state index contributed by atoms with van der Waals surface area (Å²) in [4.78, 5) is 42.4. The number of tetrazole rings is 1. The molecule has 15 nitrogen and oxygen atoms in total. The van der Waals surface area contributed by atoms with Crippen molar-refractivity contribution in [3.8, 4) is 28.8 Å². The zero-order valence-electron chi connectivity index (χ0n) is 29.3. The van der Waals surface area contributed by atoms with E-state index in [4.69, 9.17) is 9.47 Å². The van der Waals surface area contributed by atoms with Gasteiger partial charge in [-0.25, -0.2) is 0 Å². The molecule has 274 valence electrons. The lowest BCUT2D eigenvalue weighted by Crippen LogP contribution is -2.32. The smallest absolute Gasteiger partial charge is 0.270 e. The highest BCUT2D eigenvalue weighted by Gasteiger charge is 2.25. The Bertz CT molecular complexity index is 2300. The molecular formula is C38H34N8O7S. The van der Waals surface area contributed by atoms with Crippen LogP contribution in [0.3, 0.4) is 0 Å². The van der Waals surface area contributed by atoms with Gasteiger partial charge in [0.2, 0.25) is 11.0 Å². The zero-order chi connectivity index (χ0) is 38.2. The fourth-order valence-corrected chi connectivity index (χ4v) is 6.14. The summed E-state index contributed by atoms with van der Waals surface area (Å²) >= 11 is 1.20. The van der Waals surface area contributed by atoms with Gasteiger partial charge in [0.15, 0.2) is 17.7 Å². The fourth-order valence-electron chi connectivity index (χ4n) is 5.27. The second-order valence-corrected chi connectivity index (χ2v) is 12.9. The first-order valence-electron chi connectivity index (χ1n) is 16.7. The Morgan fingerprint density at radius 2 is 1.67 bits per heavy atom. The number of aromatic nitrogens is 5. The number of benzene rings is 4. The van der Waals surface area contributed by atoms with Gasteiger partial charge in [-0.3, -0.25) is 19.7 Å². The highest BCUT2D eigenvalue weighted by Crippen LogP contribution is 2.39. The van der Waals surface area contributed by atoms with Gasteiger partial charge in [-0.2, -0.15) is 9.67 Å². The van der Waals surface area contributed by atoms with Crippen molar-refractivity contribution in [2.75, 3.05) is 10.6 Å². The molecule has 2 heterocycles. The number of rotatable bonds is 14.